The topological polar surface area (TPSA) is 72.6 Å². The molecular formula is C13H17ClN2O3S. The number of ether oxygens (including phenoxy) is 1. The zero-order valence-electron chi connectivity index (χ0n) is 11.2. The van der Waals surface area contributed by atoms with Gasteiger partial charge in [-0.3, -0.25) is 0 Å². The van der Waals surface area contributed by atoms with E-state index < -0.39 is 10.0 Å². The number of nitrogens with two attached hydrogens (primary N) is 1. The molecule has 0 aliphatic carbocycles. The Morgan fingerprint density at radius 3 is 2.75 bits per heavy atom. The molecule has 1 aliphatic heterocycles. The van der Waals surface area contributed by atoms with E-state index in [-0.39, 0.29) is 15.6 Å². The third kappa shape index (κ3) is 2.98. The fourth-order valence-electron chi connectivity index (χ4n) is 2.15. The number of rotatable bonds is 4. The summed E-state index contributed by atoms with van der Waals surface area (Å²) in [6.07, 6.45) is 2.52. The maximum atomic E-state index is 12.6. The lowest BCUT2D eigenvalue weighted by atomic mass is 10.1. The van der Waals surface area contributed by atoms with Gasteiger partial charge < -0.3 is 10.5 Å². The van der Waals surface area contributed by atoms with Crippen molar-refractivity contribution in [1.82, 2.24) is 4.31 Å². The Morgan fingerprint density at radius 1 is 1.45 bits per heavy atom. The number of halogens is 1. The summed E-state index contributed by atoms with van der Waals surface area (Å²) in [6, 6.07) is 4.69. The monoisotopic (exact) mass is 316 g/mol. The van der Waals surface area contributed by atoms with Gasteiger partial charge in [0.25, 0.3) is 0 Å². The first-order valence-corrected chi connectivity index (χ1v) is 7.99. The van der Waals surface area contributed by atoms with Crippen molar-refractivity contribution in [2.75, 3.05) is 32.5 Å². The first kappa shape index (κ1) is 15.3. The Hall–Kier alpha value is -1.08. The van der Waals surface area contributed by atoms with E-state index >= 15 is 0 Å². The average molecular weight is 317 g/mol. The molecule has 2 rings (SSSR count). The number of anilines is 1. The molecule has 0 spiro atoms. The molecule has 0 atom stereocenters. The summed E-state index contributed by atoms with van der Waals surface area (Å²) in [5.41, 5.74) is 7.04. The number of benzene rings is 1. The summed E-state index contributed by atoms with van der Waals surface area (Å²) >= 11 is 5.99. The zero-order valence-corrected chi connectivity index (χ0v) is 12.7. The van der Waals surface area contributed by atoms with E-state index in [1.807, 2.05) is 6.08 Å². The van der Waals surface area contributed by atoms with Gasteiger partial charge in [0.15, 0.2) is 0 Å². The molecule has 5 nitrogen and oxygen atoms in total. The molecule has 1 aromatic rings. The van der Waals surface area contributed by atoms with Gasteiger partial charge in [0.1, 0.15) is 4.90 Å². The molecule has 0 aromatic heterocycles. The van der Waals surface area contributed by atoms with Gasteiger partial charge in [-0.25, -0.2) is 8.42 Å². The number of methoxy groups -OCH3 is 1. The Balaban J connectivity index is 2.29. The lowest BCUT2D eigenvalue weighted by molar-refractivity contribution is 0.219. The quantitative estimate of drug-likeness (QED) is 0.680. The van der Waals surface area contributed by atoms with Gasteiger partial charge in [-0.05, 0) is 24.1 Å². The van der Waals surface area contributed by atoms with Crippen molar-refractivity contribution in [3.63, 3.8) is 0 Å². The van der Waals surface area contributed by atoms with Gasteiger partial charge in [0.2, 0.25) is 10.0 Å². The van der Waals surface area contributed by atoms with Crippen LogP contribution in [0.15, 0.2) is 34.7 Å². The summed E-state index contributed by atoms with van der Waals surface area (Å²) in [5.74, 6) is 0. The molecule has 0 fully saturated rings. The molecule has 0 radical (unpaired) electrons. The van der Waals surface area contributed by atoms with Crippen LogP contribution in [0, 0.1) is 0 Å². The van der Waals surface area contributed by atoms with E-state index in [1.165, 1.54) is 16.4 Å². The summed E-state index contributed by atoms with van der Waals surface area (Å²) in [6.45, 7) is 1.25. The van der Waals surface area contributed by atoms with Gasteiger partial charge >= 0.3 is 0 Å². The average Bonchev–Trinajstić information content (AvgIpc) is 2.39. The molecule has 0 bridgehead atoms. The minimum absolute atomic E-state index is 0.00902. The van der Waals surface area contributed by atoms with Crippen LogP contribution in [0.4, 0.5) is 5.69 Å². The van der Waals surface area contributed by atoms with E-state index in [4.69, 9.17) is 22.1 Å². The highest BCUT2D eigenvalue weighted by Crippen LogP contribution is 2.31. The van der Waals surface area contributed by atoms with Crippen LogP contribution in [0.5, 0.6) is 0 Å². The lowest BCUT2D eigenvalue weighted by Gasteiger charge is -2.26. The SMILES string of the molecule is COCC1=CCN(S(=O)(=O)c2c(N)cccc2Cl)CC1. The van der Waals surface area contributed by atoms with Gasteiger partial charge in [-0.1, -0.05) is 23.7 Å². The van der Waals surface area contributed by atoms with Crippen molar-refractivity contribution in [2.24, 2.45) is 0 Å². The van der Waals surface area contributed by atoms with Crippen LogP contribution in [0.25, 0.3) is 0 Å². The van der Waals surface area contributed by atoms with Crippen LogP contribution < -0.4 is 5.73 Å². The van der Waals surface area contributed by atoms with Crippen molar-refractivity contribution >= 4 is 27.3 Å². The summed E-state index contributed by atoms with van der Waals surface area (Å²) in [7, 11) is -2.05. The third-order valence-corrected chi connectivity index (χ3v) is 5.60. The fraction of sp³-hybridized carbons (Fsp3) is 0.385. The van der Waals surface area contributed by atoms with Crippen molar-refractivity contribution in [1.29, 1.82) is 0 Å². The summed E-state index contributed by atoms with van der Waals surface area (Å²) in [5, 5.41) is 0.150. The minimum atomic E-state index is -3.67. The molecule has 1 aliphatic rings. The molecule has 110 valence electrons. The number of nitrogen functional groups attached to an aromatic ring is 1. The number of hydrogen-bond donors (Lipinski definition) is 1. The maximum Gasteiger partial charge on any atom is 0.246 e. The van der Waals surface area contributed by atoms with Crippen LogP contribution in [-0.2, 0) is 14.8 Å². The van der Waals surface area contributed by atoms with Crippen LogP contribution in [0.1, 0.15) is 6.42 Å². The Labute approximate surface area is 124 Å². The Kier molecular flexibility index (Phi) is 4.70. The van der Waals surface area contributed by atoms with Gasteiger partial charge in [0, 0.05) is 20.2 Å². The lowest BCUT2D eigenvalue weighted by Crippen LogP contribution is -2.35. The Bertz CT molecular complexity index is 608. The second kappa shape index (κ2) is 6.13. The largest absolute Gasteiger partial charge is 0.398 e. The number of hydrogen-bond acceptors (Lipinski definition) is 4. The predicted octanol–water partition coefficient (Wildman–Crippen LogP) is 1.89. The van der Waals surface area contributed by atoms with Crippen LogP contribution in [0.3, 0.4) is 0 Å². The van der Waals surface area contributed by atoms with Crippen LogP contribution >= 0.6 is 11.6 Å². The van der Waals surface area contributed by atoms with E-state index in [2.05, 4.69) is 0 Å². The van der Waals surface area contributed by atoms with E-state index in [0.29, 0.717) is 26.1 Å². The molecule has 0 unspecified atom stereocenters. The molecule has 7 heteroatoms. The summed E-state index contributed by atoms with van der Waals surface area (Å²) < 4.78 is 31.6. The van der Waals surface area contributed by atoms with Crippen molar-refractivity contribution in [3.8, 4) is 0 Å². The Morgan fingerprint density at radius 2 is 2.20 bits per heavy atom. The maximum absolute atomic E-state index is 12.6. The molecule has 0 saturated heterocycles. The second-order valence-electron chi connectivity index (χ2n) is 4.57. The van der Waals surface area contributed by atoms with Gasteiger partial charge in [-0.15, -0.1) is 0 Å². The highest BCUT2D eigenvalue weighted by atomic mass is 35.5. The first-order valence-electron chi connectivity index (χ1n) is 6.18. The van der Waals surface area contributed by atoms with Crippen LogP contribution in [0.2, 0.25) is 5.02 Å². The minimum Gasteiger partial charge on any atom is -0.398 e. The van der Waals surface area contributed by atoms with Crippen molar-refractivity contribution < 1.29 is 13.2 Å². The van der Waals surface area contributed by atoms with Gasteiger partial charge in [0.05, 0.1) is 17.3 Å². The fourth-order valence-corrected chi connectivity index (χ4v) is 4.17. The van der Waals surface area contributed by atoms with Crippen molar-refractivity contribution in [3.05, 3.63) is 34.9 Å². The van der Waals surface area contributed by atoms with E-state index in [0.717, 1.165) is 5.57 Å². The molecule has 1 heterocycles. The smallest absolute Gasteiger partial charge is 0.246 e. The van der Waals surface area contributed by atoms with E-state index in [9.17, 15) is 8.42 Å². The zero-order chi connectivity index (χ0) is 14.8. The molecule has 2 N–H and O–H groups in total. The van der Waals surface area contributed by atoms with Crippen molar-refractivity contribution in [2.45, 2.75) is 11.3 Å². The first-order chi connectivity index (χ1) is 9.46. The molecule has 0 amide bonds. The molecule has 1 aromatic carbocycles. The molecule has 0 saturated carbocycles. The number of sulfonamides is 1. The normalized spacial score (nSPS) is 17.0. The van der Waals surface area contributed by atoms with Crippen LogP contribution in [-0.4, -0.2) is 39.5 Å². The highest BCUT2D eigenvalue weighted by Gasteiger charge is 2.29. The number of nitrogens with zero attached hydrogens (tertiary/aromatic N) is 1. The molecule has 20 heavy (non-hydrogen) atoms. The van der Waals surface area contributed by atoms with E-state index in [1.54, 1.807) is 13.2 Å². The van der Waals surface area contributed by atoms with Gasteiger partial charge in [-0.2, -0.15) is 4.31 Å². The highest BCUT2D eigenvalue weighted by molar-refractivity contribution is 7.89. The summed E-state index contributed by atoms with van der Waals surface area (Å²) in [4.78, 5) is -0.00902. The predicted molar refractivity (Wildman–Crippen MR) is 79.2 cm³/mol. The molecular weight excluding hydrogens is 300 g/mol. The standard InChI is InChI=1S/C13H17ClN2O3S/c1-19-9-10-5-7-16(8-6-10)20(17,18)13-11(14)3-2-4-12(13)15/h2-5H,6-9,15H2,1H3. The third-order valence-electron chi connectivity index (χ3n) is 3.19. The second-order valence-corrected chi connectivity index (χ2v) is 6.85.